The summed E-state index contributed by atoms with van der Waals surface area (Å²) in [5.74, 6) is -0.736. The maximum atomic E-state index is 9.30. The Bertz CT molecular complexity index is 656. The summed E-state index contributed by atoms with van der Waals surface area (Å²) in [6.45, 7) is 6.26. The van der Waals surface area contributed by atoms with Gasteiger partial charge in [0.25, 0.3) is 0 Å². The van der Waals surface area contributed by atoms with Crippen molar-refractivity contribution in [2.24, 2.45) is 17.3 Å². The first-order valence-electron chi connectivity index (χ1n) is 6.96. The molecule has 1 atom stereocenters. The molecule has 0 saturated heterocycles. The second-order valence-electron chi connectivity index (χ2n) is 6.21. The fourth-order valence-corrected chi connectivity index (χ4v) is 4.06. The molecule has 0 N–H and O–H groups in total. The third-order valence-electron chi connectivity index (χ3n) is 3.87. The molecule has 0 fully saturated rings. The van der Waals surface area contributed by atoms with Gasteiger partial charge in [-0.15, -0.1) is 11.8 Å². The van der Waals surface area contributed by atoms with Crippen molar-refractivity contribution >= 4 is 11.8 Å². The monoisotopic (exact) mass is 310 g/mol. The number of hydrogen-bond donors (Lipinski definition) is 0. The van der Waals surface area contributed by atoms with E-state index in [0.717, 1.165) is 17.6 Å². The van der Waals surface area contributed by atoms with E-state index in [1.807, 2.05) is 37.5 Å². The van der Waals surface area contributed by atoms with Gasteiger partial charge in [-0.25, -0.2) is 0 Å². The first kappa shape index (κ1) is 17.8. The maximum absolute atomic E-state index is 9.30. The molecule has 0 amide bonds. The number of nitrogens with zero attached hydrogens (tertiary/aromatic N) is 4. The molecule has 1 rings (SSSR count). The van der Waals surface area contributed by atoms with E-state index in [1.165, 1.54) is 11.8 Å². The minimum absolute atomic E-state index is 0.00678. The predicted molar refractivity (Wildman–Crippen MR) is 85.7 cm³/mol. The highest BCUT2D eigenvalue weighted by Crippen LogP contribution is 2.48. The average molecular weight is 310 g/mol. The van der Waals surface area contributed by atoms with E-state index in [4.69, 9.17) is 0 Å². The van der Waals surface area contributed by atoms with Crippen molar-refractivity contribution in [3.05, 3.63) is 21.6 Å². The van der Waals surface area contributed by atoms with Crippen LogP contribution in [0.5, 0.6) is 0 Å². The van der Waals surface area contributed by atoms with Crippen LogP contribution < -0.4 is 0 Å². The molecule has 0 spiro atoms. The second kappa shape index (κ2) is 7.17. The van der Waals surface area contributed by atoms with Gasteiger partial charge in [0, 0.05) is 4.91 Å². The minimum atomic E-state index is -0.835. The highest BCUT2D eigenvalue weighted by atomic mass is 32.2. The number of allylic oxidation sites excluding steroid dienone is 3. The summed E-state index contributed by atoms with van der Waals surface area (Å²) in [5, 5.41) is 37.0. The van der Waals surface area contributed by atoms with Crippen LogP contribution in [0.1, 0.15) is 33.6 Å². The van der Waals surface area contributed by atoms with Gasteiger partial charge in [0.15, 0.2) is 5.92 Å². The van der Waals surface area contributed by atoms with E-state index in [-0.39, 0.29) is 16.9 Å². The molecule has 22 heavy (non-hydrogen) atoms. The molecule has 0 unspecified atom stereocenters. The molecule has 112 valence electrons. The Hall–Kier alpha value is -2.21. The third-order valence-corrected chi connectivity index (χ3v) is 4.70. The van der Waals surface area contributed by atoms with E-state index in [0.29, 0.717) is 11.3 Å². The quantitative estimate of drug-likeness (QED) is 0.732. The summed E-state index contributed by atoms with van der Waals surface area (Å²) >= 11 is 1.34. The Balaban J connectivity index is 3.71. The van der Waals surface area contributed by atoms with Crippen LogP contribution in [0.4, 0.5) is 0 Å². The molecule has 0 saturated carbocycles. The van der Waals surface area contributed by atoms with Gasteiger partial charge in [-0.3, -0.25) is 0 Å². The lowest BCUT2D eigenvalue weighted by molar-refractivity contribution is 0.267. The van der Waals surface area contributed by atoms with Crippen LogP contribution in [0, 0.1) is 62.6 Å². The van der Waals surface area contributed by atoms with Crippen LogP contribution in [0.15, 0.2) is 21.6 Å². The molecule has 0 aromatic heterocycles. The normalized spacial score (nSPS) is 19.6. The van der Waals surface area contributed by atoms with E-state index in [1.54, 1.807) is 0 Å². The summed E-state index contributed by atoms with van der Waals surface area (Å²) in [4.78, 5) is 0.610. The lowest BCUT2D eigenvalue weighted by Gasteiger charge is -2.38. The summed E-state index contributed by atoms with van der Waals surface area (Å²) in [5.41, 5.74) is 1.66. The fourth-order valence-electron chi connectivity index (χ4n) is 3.22. The van der Waals surface area contributed by atoms with Crippen LogP contribution in [0.3, 0.4) is 0 Å². The molecule has 0 aromatic carbocycles. The van der Waals surface area contributed by atoms with E-state index >= 15 is 0 Å². The second-order valence-corrected chi connectivity index (χ2v) is 7.02. The topological polar surface area (TPSA) is 95.2 Å². The SMILES string of the molecule is CSC(=C(C#N)C#N)C1=C(C(C#N)C#N)CC(C)(C)C[C@@H]1C. The molecule has 0 bridgehead atoms. The first-order valence-corrected chi connectivity index (χ1v) is 8.18. The van der Waals surface area contributed by atoms with Gasteiger partial charge in [0.1, 0.15) is 17.7 Å². The van der Waals surface area contributed by atoms with Gasteiger partial charge < -0.3 is 0 Å². The highest BCUT2D eigenvalue weighted by molar-refractivity contribution is 8.02. The molecule has 0 radical (unpaired) electrons. The average Bonchev–Trinajstić information content (AvgIpc) is 2.46. The Morgan fingerprint density at radius 2 is 1.73 bits per heavy atom. The van der Waals surface area contributed by atoms with Crippen LogP contribution in [-0.4, -0.2) is 6.26 Å². The molecule has 0 aliphatic heterocycles. The molecule has 1 aliphatic carbocycles. The van der Waals surface area contributed by atoms with E-state index in [9.17, 15) is 21.0 Å². The third kappa shape index (κ3) is 3.51. The summed E-state index contributed by atoms with van der Waals surface area (Å²) in [7, 11) is 0. The first-order chi connectivity index (χ1) is 10.3. The standard InChI is InChI=1S/C17H18N4S/c1-11-5-17(2,3)6-14(12(7-18)8-19)15(11)16(22-4)13(9-20)10-21/h11-12H,5-6H2,1-4H3/t11-/m0/s1. The Kier molecular flexibility index (Phi) is 5.82. The summed E-state index contributed by atoms with van der Waals surface area (Å²) in [6.07, 6.45) is 3.34. The summed E-state index contributed by atoms with van der Waals surface area (Å²) < 4.78 is 0. The predicted octanol–water partition coefficient (Wildman–Crippen LogP) is 4.07. The van der Waals surface area contributed by atoms with Crippen molar-refractivity contribution in [1.82, 2.24) is 0 Å². The van der Waals surface area contributed by atoms with Crippen LogP contribution in [0.2, 0.25) is 0 Å². The number of thioether (sulfide) groups is 1. The van der Waals surface area contributed by atoms with Gasteiger partial charge in [0.2, 0.25) is 0 Å². The van der Waals surface area contributed by atoms with Gasteiger partial charge in [-0.2, -0.15) is 21.0 Å². The molecule has 1 aliphatic rings. The van der Waals surface area contributed by atoms with Crippen molar-refractivity contribution in [1.29, 1.82) is 21.0 Å². The van der Waals surface area contributed by atoms with Crippen molar-refractivity contribution in [3.63, 3.8) is 0 Å². The van der Waals surface area contributed by atoms with Gasteiger partial charge >= 0.3 is 0 Å². The summed E-state index contributed by atoms with van der Waals surface area (Å²) in [6, 6.07) is 7.96. The zero-order chi connectivity index (χ0) is 16.9. The number of nitriles is 4. The zero-order valence-electron chi connectivity index (χ0n) is 13.3. The molecular weight excluding hydrogens is 292 g/mol. The Labute approximate surface area is 136 Å². The van der Waals surface area contributed by atoms with Crippen molar-refractivity contribution in [3.8, 4) is 24.3 Å². The molecule has 4 nitrogen and oxygen atoms in total. The van der Waals surface area contributed by atoms with Crippen molar-refractivity contribution in [2.75, 3.05) is 6.26 Å². The lowest BCUT2D eigenvalue weighted by Crippen LogP contribution is -2.27. The highest BCUT2D eigenvalue weighted by Gasteiger charge is 2.36. The maximum Gasteiger partial charge on any atom is 0.154 e. The molecule has 5 heteroatoms. The van der Waals surface area contributed by atoms with Crippen molar-refractivity contribution in [2.45, 2.75) is 33.6 Å². The van der Waals surface area contributed by atoms with Crippen molar-refractivity contribution < 1.29 is 0 Å². The Morgan fingerprint density at radius 3 is 2.14 bits per heavy atom. The van der Waals surface area contributed by atoms with E-state index in [2.05, 4.69) is 13.8 Å². The number of hydrogen-bond acceptors (Lipinski definition) is 5. The Morgan fingerprint density at radius 1 is 1.18 bits per heavy atom. The van der Waals surface area contributed by atoms with Gasteiger partial charge in [-0.1, -0.05) is 20.8 Å². The van der Waals surface area contributed by atoms with Crippen LogP contribution >= 0.6 is 11.8 Å². The van der Waals surface area contributed by atoms with Crippen LogP contribution in [-0.2, 0) is 0 Å². The van der Waals surface area contributed by atoms with Gasteiger partial charge in [-0.05, 0) is 41.6 Å². The zero-order valence-corrected chi connectivity index (χ0v) is 14.1. The number of rotatable bonds is 3. The van der Waals surface area contributed by atoms with Gasteiger partial charge in [0.05, 0.1) is 12.1 Å². The molecule has 0 aromatic rings. The largest absolute Gasteiger partial charge is 0.197 e. The van der Waals surface area contributed by atoms with Crippen LogP contribution in [0.25, 0.3) is 0 Å². The van der Waals surface area contributed by atoms with E-state index < -0.39 is 5.92 Å². The minimum Gasteiger partial charge on any atom is -0.197 e. The smallest absolute Gasteiger partial charge is 0.154 e. The lowest BCUT2D eigenvalue weighted by atomic mass is 9.67. The molecule has 0 heterocycles. The molecular formula is C17H18N4S. The fraction of sp³-hybridized carbons (Fsp3) is 0.529.